The molecule has 2 aliphatic heterocycles. The van der Waals surface area contributed by atoms with Gasteiger partial charge in [-0.25, -0.2) is 35.2 Å². The number of hydrogen-bond donors (Lipinski definition) is 0. The summed E-state index contributed by atoms with van der Waals surface area (Å²) in [5, 5.41) is 0.840. The van der Waals surface area contributed by atoms with Gasteiger partial charge in [0.2, 0.25) is 15.8 Å². The van der Waals surface area contributed by atoms with Gasteiger partial charge in [-0.05, 0) is 43.2 Å². The third-order valence-corrected chi connectivity index (χ3v) is 9.32. The second-order valence-electron chi connectivity index (χ2n) is 9.43. The number of nitrogens with zero attached hydrogens (tertiary/aromatic N) is 3. The van der Waals surface area contributed by atoms with Gasteiger partial charge in [-0.3, -0.25) is 0 Å². The van der Waals surface area contributed by atoms with Gasteiger partial charge in [-0.15, -0.1) is 0 Å². The number of ether oxygens (including phenoxy) is 1. The maximum absolute atomic E-state index is 14.1. The normalized spacial score (nSPS) is 16.2. The fourth-order valence-corrected chi connectivity index (χ4v) is 6.83. The van der Waals surface area contributed by atoms with Crippen LogP contribution in [0.15, 0.2) is 67.3 Å². The molecule has 1 aromatic heterocycles. The van der Waals surface area contributed by atoms with Gasteiger partial charge in [0.1, 0.15) is 13.0 Å². The Morgan fingerprint density at radius 1 is 0.905 bits per heavy atom. The second kappa shape index (κ2) is 12.1. The number of anilines is 1. The number of benzene rings is 3. The average Bonchev–Trinajstić information content (AvgIpc) is 2.99. The highest BCUT2D eigenvalue weighted by molar-refractivity contribution is 9.10. The maximum atomic E-state index is 14.1. The Bertz CT molecular complexity index is 1790. The van der Waals surface area contributed by atoms with Crippen molar-refractivity contribution in [1.82, 2.24) is 9.29 Å². The van der Waals surface area contributed by atoms with Crippen molar-refractivity contribution in [2.24, 2.45) is 0 Å². The number of aromatic nitrogens is 1. The fourth-order valence-electron chi connectivity index (χ4n) is 4.84. The Morgan fingerprint density at radius 2 is 1.55 bits per heavy atom. The van der Waals surface area contributed by atoms with Crippen LogP contribution >= 0.6 is 15.9 Å². The van der Waals surface area contributed by atoms with Crippen LogP contribution in [0.5, 0.6) is 0 Å². The monoisotopic (exact) mass is 673 g/mol. The van der Waals surface area contributed by atoms with Crippen molar-refractivity contribution in [1.29, 1.82) is 0 Å². The lowest BCUT2D eigenvalue weighted by Gasteiger charge is -2.41. The molecule has 3 heterocycles. The first kappa shape index (κ1) is 30.1. The minimum atomic E-state index is -4.92. The molecule has 6 rings (SSSR count). The first-order valence-corrected chi connectivity index (χ1v) is 14.7. The molecule has 8 nitrogen and oxygen atoms in total. The number of fused-ring (bicyclic) bond motifs is 2. The van der Waals surface area contributed by atoms with Crippen LogP contribution in [0.3, 0.4) is 0 Å². The summed E-state index contributed by atoms with van der Waals surface area (Å²) >= 11 is 3.40. The van der Waals surface area contributed by atoms with E-state index in [1.54, 1.807) is 6.07 Å². The Morgan fingerprint density at radius 3 is 2.24 bits per heavy atom. The summed E-state index contributed by atoms with van der Waals surface area (Å²) in [4.78, 5) is 14.4. The topological polar surface area (TPSA) is 93.0 Å². The van der Waals surface area contributed by atoms with Gasteiger partial charge < -0.3 is 14.1 Å². The van der Waals surface area contributed by atoms with Crippen LogP contribution in [0, 0.1) is 29.1 Å². The third kappa shape index (κ3) is 5.78. The standard InChI is InChI=1S/C19H16BrF5N2O3S.C8H5NO2/c20-11-1-2-13-10(7-11)8-30-9-27(13)12-3-5-26(6-4-12)31(28,29)19-17(24)15(22)14(21)16(23)18(19)25;10-8-9-7-4-2-1-3-6(7)5-11-8/h1-2,7,12H,3-6,8-9H2;1-5H. The van der Waals surface area contributed by atoms with E-state index in [2.05, 4.69) is 25.3 Å². The van der Waals surface area contributed by atoms with E-state index in [1.807, 2.05) is 41.3 Å². The predicted octanol–water partition coefficient (Wildman–Crippen LogP) is 5.48. The minimum absolute atomic E-state index is 0.122. The molecular weight excluding hydrogens is 653 g/mol. The molecule has 4 aromatic rings. The summed E-state index contributed by atoms with van der Waals surface area (Å²) < 4.78 is 106. The zero-order chi connectivity index (χ0) is 30.2. The van der Waals surface area contributed by atoms with Crippen molar-refractivity contribution >= 4 is 42.5 Å². The van der Waals surface area contributed by atoms with Crippen molar-refractivity contribution in [2.75, 3.05) is 24.7 Å². The Hall–Kier alpha value is -3.40. The van der Waals surface area contributed by atoms with E-state index in [9.17, 15) is 35.2 Å². The van der Waals surface area contributed by atoms with Crippen molar-refractivity contribution in [3.63, 3.8) is 0 Å². The number of halogens is 6. The van der Waals surface area contributed by atoms with E-state index in [0.717, 1.165) is 25.4 Å². The number of rotatable bonds is 3. The van der Waals surface area contributed by atoms with Gasteiger partial charge in [-0.2, -0.15) is 9.29 Å². The number of para-hydroxylation sites is 1. The lowest BCUT2D eigenvalue weighted by atomic mass is 10.0. The number of hydrogen-bond acceptors (Lipinski definition) is 7. The van der Waals surface area contributed by atoms with Crippen molar-refractivity contribution in [3.05, 3.63) is 98.4 Å². The molecule has 2 aliphatic rings. The summed E-state index contributed by atoms with van der Waals surface area (Å²) in [7, 11) is -4.92. The van der Waals surface area contributed by atoms with Crippen LogP contribution in [0.2, 0.25) is 0 Å². The van der Waals surface area contributed by atoms with Crippen molar-refractivity contribution in [2.45, 2.75) is 30.4 Å². The molecular formula is C27H21BrF5N3O5S. The van der Waals surface area contributed by atoms with E-state index in [4.69, 9.17) is 4.74 Å². The van der Waals surface area contributed by atoms with Crippen LogP contribution in [0.1, 0.15) is 18.4 Å². The Balaban J connectivity index is 0.000000267. The molecule has 0 radical (unpaired) electrons. The first-order chi connectivity index (χ1) is 20.0. The maximum Gasteiger partial charge on any atom is 0.439 e. The predicted molar refractivity (Wildman–Crippen MR) is 145 cm³/mol. The molecule has 0 bridgehead atoms. The summed E-state index contributed by atoms with van der Waals surface area (Å²) in [5.41, 5.74) is 2.57. The zero-order valence-electron chi connectivity index (χ0n) is 21.5. The highest BCUT2D eigenvalue weighted by atomic mass is 79.9. The summed E-state index contributed by atoms with van der Waals surface area (Å²) in [6.45, 7) is 0.437. The quantitative estimate of drug-likeness (QED) is 0.162. The molecule has 42 heavy (non-hydrogen) atoms. The molecule has 222 valence electrons. The first-order valence-electron chi connectivity index (χ1n) is 12.5. The number of sulfonamides is 1. The third-order valence-electron chi connectivity index (χ3n) is 6.91. The molecule has 1 fully saturated rings. The van der Waals surface area contributed by atoms with Crippen LogP contribution < -0.4 is 10.7 Å². The molecule has 0 amide bonds. The average molecular weight is 674 g/mol. The fraction of sp³-hybridized carbons (Fsp3) is 0.259. The van der Waals surface area contributed by atoms with Crippen molar-refractivity contribution < 1.29 is 39.5 Å². The lowest BCUT2D eigenvalue weighted by Crippen LogP contribution is -2.48. The van der Waals surface area contributed by atoms with Gasteiger partial charge in [0.05, 0.1) is 12.1 Å². The van der Waals surface area contributed by atoms with E-state index in [0.29, 0.717) is 18.9 Å². The lowest BCUT2D eigenvalue weighted by molar-refractivity contribution is 0.0987. The molecule has 0 saturated carbocycles. The molecule has 15 heteroatoms. The summed E-state index contributed by atoms with van der Waals surface area (Å²) in [6.07, 6.45) is 1.98. The van der Waals surface area contributed by atoms with E-state index in [1.165, 1.54) is 6.26 Å². The van der Waals surface area contributed by atoms with Gasteiger partial charge in [0.15, 0.2) is 28.2 Å². The van der Waals surface area contributed by atoms with Gasteiger partial charge in [0, 0.05) is 40.2 Å². The smallest absolute Gasteiger partial charge is 0.416 e. The molecule has 0 N–H and O–H groups in total. The Kier molecular flexibility index (Phi) is 8.64. The molecule has 0 unspecified atom stereocenters. The van der Waals surface area contributed by atoms with Gasteiger partial charge >= 0.3 is 5.76 Å². The highest BCUT2D eigenvalue weighted by Crippen LogP contribution is 2.35. The Labute approximate surface area is 244 Å². The summed E-state index contributed by atoms with van der Waals surface area (Å²) in [5.74, 6) is -12.3. The van der Waals surface area contributed by atoms with Gasteiger partial charge in [-0.1, -0.05) is 28.1 Å². The van der Waals surface area contributed by atoms with Crippen LogP contribution in [-0.2, 0) is 21.4 Å². The van der Waals surface area contributed by atoms with Crippen LogP contribution in [-0.4, -0.2) is 43.6 Å². The molecule has 1 saturated heterocycles. The zero-order valence-corrected chi connectivity index (χ0v) is 23.9. The van der Waals surface area contributed by atoms with Gasteiger partial charge in [0.25, 0.3) is 0 Å². The van der Waals surface area contributed by atoms with Crippen LogP contribution in [0.4, 0.5) is 27.6 Å². The molecule has 3 aromatic carbocycles. The van der Waals surface area contributed by atoms with Crippen molar-refractivity contribution in [3.8, 4) is 0 Å². The minimum Gasteiger partial charge on any atom is -0.416 e. The molecule has 0 spiro atoms. The SMILES string of the molecule is O=S(=O)(c1c(F)c(F)c(F)c(F)c1F)N1CCC(N2COCc3cc(Br)ccc32)CC1.O=c1nc2ccccc2co1. The van der Waals surface area contributed by atoms with E-state index in [-0.39, 0.29) is 32.0 Å². The molecule has 0 atom stereocenters. The summed E-state index contributed by atoms with van der Waals surface area (Å²) in [6, 6.07) is 12.9. The van der Waals surface area contributed by atoms with E-state index < -0.39 is 49.8 Å². The molecule has 0 aliphatic carbocycles. The van der Waals surface area contributed by atoms with E-state index >= 15 is 0 Å². The largest absolute Gasteiger partial charge is 0.439 e. The van der Waals surface area contributed by atoms with Crippen LogP contribution in [0.25, 0.3) is 10.9 Å². The second-order valence-corrected chi connectivity index (χ2v) is 12.2. The number of piperidine rings is 1. The highest BCUT2D eigenvalue weighted by Gasteiger charge is 2.39.